The molecule has 0 aromatic heterocycles. The summed E-state index contributed by atoms with van der Waals surface area (Å²) in [5.74, 6) is 0.445. The second-order valence-electron chi connectivity index (χ2n) is 6.56. The molecule has 1 atom stereocenters. The Hall–Kier alpha value is -0.340. The summed E-state index contributed by atoms with van der Waals surface area (Å²) in [6.07, 6.45) is 16.5. The molecule has 0 aromatic rings. The Morgan fingerprint density at radius 2 is 1.84 bits per heavy atom. The monoisotopic (exact) mass is 266 g/mol. The molecule has 2 aliphatic rings. The molecule has 1 saturated carbocycles. The normalized spacial score (nSPS) is 25.7. The molecule has 0 aliphatic heterocycles. The molecule has 0 spiro atoms. The smallest absolute Gasteiger partial charge is 0.163 e. The molecule has 19 heavy (non-hydrogen) atoms. The fourth-order valence-corrected chi connectivity index (χ4v) is 3.23. The van der Waals surface area contributed by atoms with Gasteiger partial charge in [-0.3, -0.25) is 0 Å². The molecule has 2 nitrogen and oxygen atoms in total. The molecule has 0 aromatic carbocycles. The highest BCUT2D eigenvalue weighted by Gasteiger charge is 2.24. The highest BCUT2D eigenvalue weighted by atomic mass is 16.7. The predicted molar refractivity (Wildman–Crippen MR) is 79.1 cm³/mol. The van der Waals surface area contributed by atoms with E-state index in [2.05, 4.69) is 26.0 Å². The molecule has 0 bridgehead atoms. The average Bonchev–Trinajstić information content (AvgIpc) is 2.40. The molecule has 2 aliphatic carbocycles. The van der Waals surface area contributed by atoms with E-state index in [-0.39, 0.29) is 6.10 Å². The maximum Gasteiger partial charge on any atom is 0.163 e. The van der Waals surface area contributed by atoms with Crippen molar-refractivity contribution in [2.75, 3.05) is 6.61 Å². The van der Waals surface area contributed by atoms with Crippen molar-refractivity contribution in [2.45, 2.75) is 83.5 Å². The Balaban J connectivity index is 1.64. The van der Waals surface area contributed by atoms with E-state index in [1.165, 1.54) is 51.4 Å². The third kappa shape index (κ3) is 5.66. The van der Waals surface area contributed by atoms with Gasteiger partial charge in [-0.05, 0) is 45.4 Å². The number of hydrogen-bond acceptors (Lipinski definition) is 2. The quantitative estimate of drug-likeness (QED) is 0.506. The summed E-state index contributed by atoms with van der Waals surface area (Å²) >= 11 is 0. The maximum atomic E-state index is 6.06. The number of rotatable bonds is 6. The van der Waals surface area contributed by atoms with Crippen LogP contribution in [0.4, 0.5) is 0 Å². The van der Waals surface area contributed by atoms with Gasteiger partial charge in [-0.1, -0.05) is 44.3 Å². The average molecular weight is 266 g/mol. The second-order valence-corrected chi connectivity index (χ2v) is 6.56. The topological polar surface area (TPSA) is 18.5 Å². The van der Waals surface area contributed by atoms with E-state index < -0.39 is 5.79 Å². The van der Waals surface area contributed by atoms with Gasteiger partial charge in [0.05, 0.1) is 12.7 Å². The van der Waals surface area contributed by atoms with E-state index in [0.29, 0.717) is 0 Å². The molecule has 2 heteroatoms. The molecule has 1 unspecified atom stereocenters. The third-order valence-electron chi connectivity index (χ3n) is 4.35. The highest BCUT2D eigenvalue weighted by Crippen LogP contribution is 2.27. The van der Waals surface area contributed by atoms with Crippen LogP contribution in [0.5, 0.6) is 0 Å². The Morgan fingerprint density at radius 1 is 1.05 bits per heavy atom. The van der Waals surface area contributed by atoms with E-state index >= 15 is 0 Å². The Morgan fingerprint density at radius 3 is 2.53 bits per heavy atom. The summed E-state index contributed by atoms with van der Waals surface area (Å²) in [6.45, 7) is 4.95. The van der Waals surface area contributed by atoms with Crippen LogP contribution in [0.25, 0.3) is 0 Å². The standard InChI is InChI=1S/C17H30O2/c1-17(2,19-16-11-7-4-8-12-16)18-14-13-15-9-5-3-6-10-15/h7,11,15-16H,3-6,8-10,12-14H2,1-2H3. The molecule has 0 saturated heterocycles. The van der Waals surface area contributed by atoms with E-state index in [1.54, 1.807) is 0 Å². The fraction of sp³-hybridized carbons (Fsp3) is 0.882. The molecule has 1 fully saturated rings. The summed E-state index contributed by atoms with van der Waals surface area (Å²) in [5, 5.41) is 0. The van der Waals surface area contributed by atoms with Gasteiger partial charge in [0.15, 0.2) is 5.79 Å². The summed E-state index contributed by atoms with van der Waals surface area (Å²) in [4.78, 5) is 0. The molecular weight excluding hydrogens is 236 g/mol. The Labute approximate surface area is 118 Å². The molecule has 0 heterocycles. The molecule has 0 amide bonds. The van der Waals surface area contributed by atoms with Crippen molar-refractivity contribution in [1.29, 1.82) is 0 Å². The lowest BCUT2D eigenvalue weighted by Crippen LogP contribution is -2.34. The SMILES string of the molecule is CC(C)(OCCC1CCCCC1)OC1C=CCCC1. The lowest BCUT2D eigenvalue weighted by molar-refractivity contribution is -0.231. The largest absolute Gasteiger partial charge is 0.350 e. The minimum atomic E-state index is -0.443. The van der Waals surface area contributed by atoms with Crippen LogP contribution in [0.2, 0.25) is 0 Å². The Kier molecular flexibility index (Phi) is 5.90. The minimum Gasteiger partial charge on any atom is -0.350 e. The van der Waals surface area contributed by atoms with Crippen LogP contribution in [0.15, 0.2) is 12.2 Å². The summed E-state index contributed by atoms with van der Waals surface area (Å²) in [7, 11) is 0. The maximum absolute atomic E-state index is 6.06. The van der Waals surface area contributed by atoms with E-state index in [9.17, 15) is 0 Å². The van der Waals surface area contributed by atoms with Gasteiger partial charge in [0, 0.05) is 0 Å². The molecular formula is C17H30O2. The van der Waals surface area contributed by atoms with Gasteiger partial charge in [0.2, 0.25) is 0 Å². The van der Waals surface area contributed by atoms with Gasteiger partial charge >= 0.3 is 0 Å². The zero-order valence-electron chi connectivity index (χ0n) is 12.7. The molecule has 0 radical (unpaired) electrons. The van der Waals surface area contributed by atoms with E-state index in [0.717, 1.165) is 18.9 Å². The minimum absolute atomic E-state index is 0.249. The van der Waals surface area contributed by atoms with Crippen molar-refractivity contribution in [3.63, 3.8) is 0 Å². The number of ether oxygens (including phenoxy) is 2. The zero-order valence-corrected chi connectivity index (χ0v) is 12.7. The van der Waals surface area contributed by atoms with Crippen LogP contribution in [0.3, 0.4) is 0 Å². The van der Waals surface area contributed by atoms with Crippen LogP contribution in [0.1, 0.15) is 71.6 Å². The van der Waals surface area contributed by atoms with Crippen LogP contribution >= 0.6 is 0 Å². The van der Waals surface area contributed by atoms with Crippen molar-refractivity contribution < 1.29 is 9.47 Å². The third-order valence-corrected chi connectivity index (χ3v) is 4.35. The Bertz CT molecular complexity index is 277. The zero-order chi connectivity index (χ0) is 13.6. The van der Waals surface area contributed by atoms with Crippen molar-refractivity contribution in [3.05, 3.63) is 12.2 Å². The van der Waals surface area contributed by atoms with Crippen LogP contribution in [-0.2, 0) is 9.47 Å². The second kappa shape index (κ2) is 7.44. The van der Waals surface area contributed by atoms with Crippen LogP contribution in [-0.4, -0.2) is 18.5 Å². The predicted octanol–water partition coefficient (Wildman–Crippen LogP) is 4.83. The number of hydrogen-bond donors (Lipinski definition) is 0. The van der Waals surface area contributed by atoms with Crippen LogP contribution < -0.4 is 0 Å². The molecule has 0 N–H and O–H groups in total. The first kappa shape index (κ1) is 15.1. The number of allylic oxidation sites excluding steroid dienone is 1. The van der Waals surface area contributed by atoms with Gasteiger partial charge in [-0.15, -0.1) is 0 Å². The highest BCUT2D eigenvalue weighted by molar-refractivity contribution is 4.94. The molecule has 2 rings (SSSR count). The van der Waals surface area contributed by atoms with Gasteiger partial charge in [0.25, 0.3) is 0 Å². The van der Waals surface area contributed by atoms with Crippen LogP contribution in [0, 0.1) is 5.92 Å². The van der Waals surface area contributed by atoms with Gasteiger partial charge in [-0.25, -0.2) is 0 Å². The fourth-order valence-electron chi connectivity index (χ4n) is 3.23. The van der Waals surface area contributed by atoms with Crippen molar-refractivity contribution >= 4 is 0 Å². The van der Waals surface area contributed by atoms with E-state index in [1.807, 2.05) is 0 Å². The van der Waals surface area contributed by atoms with E-state index in [4.69, 9.17) is 9.47 Å². The summed E-state index contributed by atoms with van der Waals surface area (Å²) < 4.78 is 12.0. The first-order chi connectivity index (χ1) is 9.16. The van der Waals surface area contributed by atoms with Gasteiger partial charge in [0.1, 0.15) is 0 Å². The summed E-state index contributed by atoms with van der Waals surface area (Å²) in [6, 6.07) is 0. The van der Waals surface area contributed by atoms with Gasteiger partial charge in [-0.2, -0.15) is 0 Å². The van der Waals surface area contributed by atoms with Gasteiger partial charge < -0.3 is 9.47 Å². The first-order valence-corrected chi connectivity index (χ1v) is 8.14. The lowest BCUT2D eigenvalue weighted by atomic mass is 9.87. The van der Waals surface area contributed by atoms with Crippen molar-refractivity contribution in [2.24, 2.45) is 5.92 Å². The molecule has 110 valence electrons. The van der Waals surface area contributed by atoms with Crippen molar-refractivity contribution in [3.8, 4) is 0 Å². The first-order valence-electron chi connectivity index (χ1n) is 8.14. The van der Waals surface area contributed by atoms with Crippen molar-refractivity contribution in [1.82, 2.24) is 0 Å². The summed E-state index contributed by atoms with van der Waals surface area (Å²) in [5.41, 5.74) is 0. The lowest BCUT2D eigenvalue weighted by Gasteiger charge is -2.31.